The van der Waals surface area contributed by atoms with Gasteiger partial charge < -0.3 is 23.7 Å². The molecule has 1 fully saturated rings. The lowest BCUT2D eigenvalue weighted by Crippen LogP contribution is -2.60. The third-order valence-corrected chi connectivity index (χ3v) is 4.83. The maximum atomic E-state index is 11.7. The van der Waals surface area contributed by atoms with Crippen molar-refractivity contribution in [2.75, 3.05) is 7.11 Å². The van der Waals surface area contributed by atoms with Gasteiger partial charge in [-0.25, -0.2) is 0 Å². The van der Waals surface area contributed by atoms with Crippen molar-refractivity contribution in [1.82, 2.24) is 0 Å². The van der Waals surface area contributed by atoms with Crippen LogP contribution in [0.3, 0.4) is 0 Å². The maximum Gasteiger partial charge on any atom is 0.303 e. The third-order valence-electron chi connectivity index (χ3n) is 4.83. The molecule has 6 heteroatoms. The van der Waals surface area contributed by atoms with E-state index in [1.165, 1.54) is 14.0 Å². The van der Waals surface area contributed by atoms with Crippen LogP contribution in [0.5, 0.6) is 0 Å². The van der Waals surface area contributed by atoms with Crippen LogP contribution >= 0.6 is 0 Å². The van der Waals surface area contributed by atoms with Gasteiger partial charge in [0.2, 0.25) is 0 Å². The molecule has 1 aliphatic rings. The van der Waals surface area contributed by atoms with E-state index in [-0.39, 0.29) is 6.10 Å². The summed E-state index contributed by atoms with van der Waals surface area (Å²) in [5, 5.41) is 0. The van der Waals surface area contributed by atoms with Crippen LogP contribution in [-0.2, 0) is 41.7 Å². The topological polar surface area (TPSA) is 63.2 Å². The Balaban J connectivity index is 1.79. The number of hydrogen-bond donors (Lipinski definition) is 0. The van der Waals surface area contributed by atoms with Gasteiger partial charge in [0.05, 0.1) is 19.3 Å². The van der Waals surface area contributed by atoms with Crippen molar-refractivity contribution in [3.8, 4) is 0 Å². The highest BCUT2D eigenvalue weighted by molar-refractivity contribution is 5.66. The highest BCUT2D eigenvalue weighted by Crippen LogP contribution is 2.30. The lowest BCUT2D eigenvalue weighted by atomic mass is 9.98. The molecule has 0 bridgehead atoms. The first-order valence-corrected chi connectivity index (χ1v) is 9.75. The first-order valence-electron chi connectivity index (χ1n) is 9.75. The van der Waals surface area contributed by atoms with Crippen LogP contribution < -0.4 is 0 Å². The van der Waals surface area contributed by atoms with E-state index in [0.717, 1.165) is 11.1 Å². The average Bonchev–Trinajstić information content (AvgIpc) is 2.73. The number of methoxy groups -OCH3 is 1. The lowest BCUT2D eigenvalue weighted by molar-refractivity contribution is -0.306. The van der Waals surface area contributed by atoms with Crippen molar-refractivity contribution in [1.29, 1.82) is 0 Å². The normalized spacial score (nSPS) is 26.8. The number of carbonyl (C=O) groups excluding carboxylic acids is 1. The molecule has 5 atom stereocenters. The number of hydrogen-bond acceptors (Lipinski definition) is 6. The summed E-state index contributed by atoms with van der Waals surface area (Å²) in [6.45, 7) is 4.02. The van der Waals surface area contributed by atoms with Gasteiger partial charge in [0.15, 0.2) is 12.4 Å². The number of benzene rings is 2. The van der Waals surface area contributed by atoms with E-state index in [4.69, 9.17) is 23.7 Å². The number of esters is 1. The molecule has 1 saturated heterocycles. The third kappa shape index (κ3) is 5.87. The monoisotopic (exact) mass is 400 g/mol. The number of rotatable bonds is 8. The van der Waals surface area contributed by atoms with Crippen molar-refractivity contribution >= 4 is 5.97 Å². The van der Waals surface area contributed by atoms with Gasteiger partial charge in [0, 0.05) is 14.0 Å². The second-order valence-electron chi connectivity index (χ2n) is 7.04. The number of ether oxygens (including phenoxy) is 5. The van der Waals surface area contributed by atoms with Gasteiger partial charge in [0.25, 0.3) is 0 Å². The first-order chi connectivity index (χ1) is 14.1. The molecule has 0 aromatic heterocycles. The van der Waals surface area contributed by atoms with Gasteiger partial charge in [-0.3, -0.25) is 4.79 Å². The van der Waals surface area contributed by atoms with Crippen molar-refractivity contribution in [3.05, 3.63) is 71.8 Å². The molecule has 1 aliphatic heterocycles. The molecule has 0 N–H and O–H groups in total. The molecule has 29 heavy (non-hydrogen) atoms. The van der Waals surface area contributed by atoms with E-state index in [1.807, 2.05) is 67.6 Å². The van der Waals surface area contributed by atoms with E-state index >= 15 is 0 Å². The molecule has 0 amide bonds. The van der Waals surface area contributed by atoms with Gasteiger partial charge in [-0.15, -0.1) is 0 Å². The molecule has 2 aromatic rings. The predicted octanol–water partition coefficient (Wildman–Crippen LogP) is 3.48. The second kappa shape index (κ2) is 10.5. The summed E-state index contributed by atoms with van der Waals surface area (Å²) in [4.78, 5) is 11.7. The van der Waals surface area contributed by atoms with Crippen LogP contribution in [0.15, 0.2) is 60.7 Å². The van der Waals surface area contributed by atoms with Crippen molar-refractivity contribution in [2.45, 2.75) is 57.8 Å². The molecular weight excluding hydrogens is 372 g/mol. The van der Waals surface area contributed by atoms with E-state index < -0.39 is 30.6 Å². The predicted molar refractivity (Wildman–Crippen MR) is 107 cm³/mol. The fourth-order valence-electron chi connectivity index (χ4n) is 3.43. The van der Waals surface area contributed by atoms with Crippen molar-refractivity contribution in [3.63, 3.8) is 0 Å². The van der Waals surface area contributed by atoms with Crippen LogP contribution in [-0.4, -0.2) is 43.8 Å². The quantitative estimate of drug-likeness (QED) is 0.632. The van der Waals surface area contributed by atoms with Crippen LogP contribution in [0.1, 0.15) is 25.0 Å². The molecule has 6 nitrogen and oxygen atoms in total. The van der Waals surface area contributed by atoms with Gasteiger partial charge in [0.1, 0.15) is 12.2 Å². The zero-order valence-electron chi connectivity index (χ0n) is 17.0. The lowest BCUT2D eigenvalue weighted by Gasteiger charge is -2.44. The van der Waals surface area contributed by atoms with Gasteiger partial charge in [-0.2, -0.15) is 0 Å². The minimum Gasteiger partial charge on any atom is -0.454 e. The minimum atomic E-state index is -0.738. The summed E-state index contributed by atoms with van der Waals surface area (Å²) in [7, 11) is 1.52. The molecule has 0 saturated carbocycles. The van der Waals surface area contributed by atoms with Crippen molar-refractivity contribution in [2.24, 2.45) is 0 Å². The number of carbonyl (C=O) groups is 1. The summed E-state index contributed by atoms with van der Waals surface area (Å²) >= 11 is 0. The summed E-state index contributed by atoms with van der Waals surface area (Å²) in [6.07, 6.45) is -2.76. The molecule has 0 spiro atoms. The van der Waals surface area contributed by atoms with Gasteiger partial charge in [-0.1, -0.05) is 60.7 Å². The summed E-state index contributed by atoms with van der Waals surface area (Å²) < 4.78 is 29.3. The SMILES string of the molecule is CO[C@H]1O[C@@H](C)[C@H](OCc2ccccc2)[C@@H](OCc2ccccc2)[C@@H]1OC(C)=O. The first kappa shape index (κ1) is 21.5. The molecule has 0 aliphatic carbocycles. The summed E-state index contributed by atoms with van der Waals surface area (Å²) in [5.74, 6) is -0.426. The summed E-state index contributed by atoms with van der Waals surface area (Å²) in [6, 6.07) is 19.7. The Hall–Kier alpha value is -2.25. The van der Waals surface area contributed by atoms with Crippen LogP contribution in [0.2, 0.25) is 0 Å². The largest absolute Gasteiger partial charge is 0.454 e. The second-order valence-corrected chi connectivity index (χ2v) is 7.04. The van der Waals surface area contributed by atoms with Crippen LogP contribution in [0, 0.1) is 0 Å². The Bertz CT molecular complexity index is 750. The van der Waals surface area contributed by atoms with Gasteiger partial charge >= 0.3 is 5.97 Å². The Morgan fingerprint density at radius 3 is 1.86 bits per heavy atom. The Morgan fingerprint density at radius 2 is 1.38 bits per heavy atom. The van der Waals surface area contributed by atoms with Crippen LogP contribution in [0.4, 0.5) is 0 Å². The fourth-order valence-corrected chi connectivity index (χ4v) is 3.43. The maximum absolute atomic E-state index is 11.7. The molecule has 3 rings (SSSR count). The van der Waals surface area contributed by atoms with Crippen LogP contribution in [0.25, 0.3) is 0 Å². The van der Waals surface area contributed by atoms with E-state index in [9.17, 15) is 4.79 Å². The molecule has 2 aromatic carbocycles. The fraction of sp³-hybridized carbons (Fsp3) is 0.435. The van der Waals surface area contributed by atoms with E-state index in [2.05, 4.69) is 0 Å². The smallest absolute Gasteiger partial charge is 0.303 e. The van der Waals surface area contributed by atoms with E-state index in [1.54, 1.807) is 0 Å². The van der Waals surface area contributed by atoms with Crippen molar-refractivity contribution < 1.29 is 28.5 Å². The minimum absolute atomic E-state index is 0.309. The highest BCUT2D eigenvalue weighted by atomic mass is 16.7. The Labute approximate surface area is 171 Å². The molecular formula is C23H28O6. The molecule has 156 valence electrons. The summed E-state index contributed by atoms with van der Waals surface area (Å²) in [5.41, 5.74) is 2.06. The molecule has 1 heterocycles. The standard InChI is InChI=1S/C23H28O6/c1-16-20(26-14-18-10-6-4-7-11-18)21(27-15-19-12-8-5-9-13-19)22(29-17(2)24)23(25-3)28-16/h4-13,16,20-23H,14-15H2,1-3H3/t16-,20-,21+,22-,23-/m0/s1. The van der Waals surface area contributed by atoms with E-state index in [0.29, 0.717) is 13.2 Å². The zero-order chi connectivity index (χ0) is 20.6. The highest BCUT2D eigenvalue weighted by Gasteiger charge is 2.48. The Kier molecular flexibility index (Phi) is 7.77. The molecule has 0 unspecified atom stereocenters. The average molecular weight is 400 g/mol. The Morgan fingerprint density at radius 1 is 0.862 bits per heavy atom. The molecule has 0 radical (unpaired) electrons. The zero-order valence-corrected chi connectivity index (χ0v) is 17.0. The van der Waals surface area contributed by atoms with Gasteiger partial charge in [-0.05, 0) is 18.1 Å².